The number of aliphatic hydroxyl groups is 1. The topological polar surface area (TPSA) is 74.2 Å². The van der Waals surface area contributed by atoms with Crippen LogP contribution in [0, 0.1) is 5.92 Å². The third-order valence-electron chi connectivity index (χ3n) is 5.82. The SMILES string of the molecule is CCOC(=O)C[C@@H]1[C@H]2OC(C)(C)O[C@H]2[C@@]1(O)CO[Si](C)(C)C(C)(C)C. The lowest BCUT2D eigenvalue weighted by molar-refractivity contribution is -0.233. The first-order chi connectivity index (χ1) is 11.2. The highest BCUT2D eigenvalue weighted by Crippen LogP contribution is 2.53. The van der Waals surface area contributed by atoms with Crippen molar-refractivity contribution in [2.45, 2.75) is 89.7 Å². The molecule has 0 bridgehead atoms. The molecule has 2 aliphatic rings. The summed E-state index contributed by atoms with van der Waals surface area (Å²) in [4.78, 5) is 12.0. The van der Waals surface area contributed by atoms with Gasteiger partial charge in [-0.05, 0) is 38.9 Å². The van der Waals surface area contributed by atoms with Crippen LogP contribution in [-0.2, 0) is 23.4 Å². The highest BCUT2D eigenvalue weighted by molar-refractivity contribution is 6.74. The molecule has 2 rings (SSSR count). The summed E-state index contributed by atoms with van der Waals surface area (Å²) in [7, 11) is -2.03. The highest BCUT2D eigenvalue weighted by Gasteiger charge is 2.69. The van der Waals surface area contributed by atoms with Gasteiger partial charge in [-0.1, -0.05) is 20.8 Å². The van der Waals surface area contributed by atoms with E-state index in [4.69, 9.17) is 18.6 Å². The molecule has 0 spiro atoms. The Labute approximate surface area is 152 Å². The Balaban J connectivity index is 2.15. The predicted octanol–water partition coefficient (Wildman–Crippen LogP) is 2.84. The lowest BCUT2D eigenvalue weighted by Crippen LogP contribution is -2.71. The molecule has 7 heteroatoms. The summed E-state index contributed by atoms with van der Waals surface area (Å²) in [5.74, 6) is -1.49. The molecule has 0 aromatic carbocycles. The van der Waals surface area contributed by atoms with E-state index in [-0.39, 0.29) is 36.1 Å². The number of carbonyl (C=O) groups excluding carboxylic acids is 1. The van der Waals surface area contributed by atoms with Crippen molar-refractivity contribution in [2.75, 3.05) is 13.2 Å². The zero-order valence-electron chi connectivity index (χ0n) is 16.8. The van der Waals surface area contributed by atoms with E-state index in [1.54, 1.807) is 6.92 Å². The molecule has 25 heavy (non-hydrogen) atoms. The Morgan fingerprint density at radius 3 is 2.36 bits per heavy atom. The average Bonchev–Trinajstić information content (AvgIpc) is 2.75. The molecule has 0 aromatic rings. The van der Waals surface area contributed by atoms with Gasteiger partial charge in [-0.2, -0.15) is 0 Å². The summed E-state index contributed by atoms with van der Waals surface area (Å²) < 4.78 is 23.1. The minimum absolute atomic E-state index is 0.0372. The zero-order valence-corrected chi connectivity index (χ0v) is 17.8. The Morgan fingerprint density at radius 2 is 1.84 bits per heavy atom. The summed E-state index contributed by atoms with van der Waals surface area (Å²) >= 11 is 0. The fraction of sp³-hybridized carbons (Fsp3) is 0.944. The van der Waals surface area contributed by atoms with Crippen molar-refractivity contribution in [3.8, 4) is 0 Å². The molecule has 0 aromatic heterocycles. The Morgan fingerprint density at radius 1 is 1.24 bits per heavy atom. The van der Waals surface area contributed by atoms with Crippen molar-refractivity contribution in [3.05, 3.63) is 0 Å². The van der Waals surface area contributed by atoms with Crippen LogP contribution in [0.5, 0.6) is 0 Å². The van der Waals surface area contributed by atoms with Gasteiger partial charge in [-0.25, -0.2) is 0 Å². The van der Waals surface area contributed by atoms with E-state index < -0.39 is 25.8 Å². The van der Waals surface area contributed by atoms with Gasteiger partial charge in [0.05, 0.1) is 25.7 Å². The average molecular weight is 375 g/mol. The molecule has 4 atom stereocenters. The molecule has 1 saturated heterocycles. The van der Waals surface area contributed by atoms with Crippen LogP contribution in [0.3, 0.4) is 0 Å². The minimum atomic E-state index is -2.03. The molecule has 1 aliphatic carbocycles. The zero-order chi connectivity index (χ0) is 19.3. The van der Waals surface area contributed by atoms with Crippen LogP contribution >= 0.6 is 0 Å². The van der Waals surface area contributed by atoms with Gasteiger partial charge in [0.2, 0.25) is 0 Å². The summed E-state index contributed by atoms with van der Waals surface area (Å²) in [6, 6.07) is 0. The Hall–Kier alpha value is -0.473. The van der Waals surface area contributed by atoms with Crippen LogP contribution < -0.4 is 0 Å². The molecule has 0 unspecified atom stereocenters. The largest absolute Gasteiger partial charge is 0.466 e. The molecule has 1 heterocycles. The van der Waals surface area contributed by atoms with Crippen LogP contribution in [0.4, 0.5) is 0 Å². The van der Waals surface area contributed by atoms with Crippen molar-refractivity contribution in [1.82, 2.24) is 0 Å². The Bertz CT molecular complexity index is 512. The standard InChI is InChI=1S/C18H34O6Si/c1-9-21-13(19)10-12-14-15(24-17(5,6)23-14)18(12,20)11-22-25(7,8)16(2,3)4/h12,14-15,20H,9-11H2,1-8H3/t12-,14-,15-,18-/m1/s1. The molecule has 1 saturated carbocycles. The van der Waals surface area contributed by atoms with Crippen molar-refractivity contribution >= 4 is 14.3 Å². The van der Waals surface area contributed by atoms with Crippen molar-refractivity contribution in [1.29, 1.82) is 0 Å². The smallest absolute Gasteiger partial charge is 0.306 e. The van der Waals surface area contributed by atoms with Crippen molar-refractivity contribution in [2.24, 2.45) is 5.92 Å². The summed E-state index contributed by atoms with van der Waals surface area (Å²) in [5, 5.41) is 11.3. The van der Waals surface area contributed by atoms with Crippen molar-refractivity contribution in [3.63, 3.8) is 0 Å². The predicted molar refractivity (Wildman–Crippen MR) is 96.7 cm³/mol. The lowest BCUT2D eigenvalue weighted by atomic mass is 9.63. The van der Waals surface area contributed by atoms with Crippen LogP contribution in [-0.4, -0.2) is 56.2 Å². The second-order valence-electron chi connectivity index (χ2n) is 9.18. The maximum Gasteiger partial charge on any atom is 0.306 e. The second kappa shape index (κ2) is 6.60. The quantitative estimate of drug-likeness (QED) is 0.569. The molecular formula is C18H34O6Si. The van der Waals surface area contributed by atoms with Gasteiger partial charge >= 0.3 is 5.97 Å². The van der Waals surface area contributed by atoms with Crippen LogP contribution in [0.15, 0.2) is 0 Å². The number of esters is 1. The number of fused-ring (bicyclic) bond motifs is 1. The van der Waals surface area contributed by atoms with Crippen molar-refractivity contribution < 1.29 is 28.5 Å². The molecule has 146 valence electrons. The maximum absolute atomic E-state index is 12.0. The highest BCUT2D eigenvalue weighted by atomic mass is 28.4. The summed E-state index contributed by atoms with van der Waals surface area (Å²) in [6.45, 7) is 16.6. The number of rotatable bonds is 6. The van der Waals surface area contributed by atoms with E-state index in [0.29, 0.717) is 6.61 Å². The van der Waals surface area contributed by atoms with Crippen LogP contribution in [0.1, 0.15) is 48.0 Å². The summed E-state index contributed by atoms with van der Waals surface area (Å²) in [5.41, 5.74) is -1.24. The van der Waals surface area contributed by atoms with Gasteiger partial charge in [0.15, 0.2) is 14.1 Å². The van der Waals surface area contributed by atoms with Crippen LogP contribution in [0.2, 0.25) is 18.1 Å². The van der Waals surface area contributed by atoms with E-state index in [2.05, 4.69) is 33.9 Å². The van der Waals surface area contributed by atoms with Gasteiger partial charge in [-0.3, -0.25) is 4.79 Å². The van der Waals surface area contributed by atoms with Gasteiger partial charge in [-0.15, -0.1) is 0 Å². The van der Waals surface area contributed by atoms with Gasteiger partial charge in [0.25, 0.3) is 0 Å². The number of hydrogen-bond donors (Lipinski definition) is 1. The molecule has 0 radical (unpaired) electrons. The Kier molecular flexibility index (Phi) is 5.50. The van der Waals surface area contributed by atoms with Gasteiger partial charge in [0.1, 0.15) is 11.7 Å². The molecule has 1 aliphatic heterocycles. The molecule has 6 nitrogen and oxygen atoms in total. The third-order valence-corrected chi connectivity index (χ3v) is 10.3. The van der Waals surface area contributed by atoms with Gasteiger partial charge in [0, 0.05) is 5.92 Å². The first-order valence-electron chi connectivity index (χ1n) is 9.11. The molecule has 2 fully saturated rings. The number of carbonyl (C=O) groups is 1. The number of hydrogen-bond acceptors (Lipinski definition) is 6. The van der Waals surface area contributed by atoms with E-state index in [1.807, 2.05) is 13.8 Å². The monoisotopic (exact) mass is 374 g/mol. The van der Waals surface area contributed by atoms with E-state index >= 15 is 0 Å². The molecule has 0 amide bonds. The molecule has 1 N–H and O–H groups in total. The normalized spacial score (nSPS) is 34.4. The van der Waals surface area contributed by atoms with Gasteiger partial charge < -0.3 is 23.7 Å². The fourth-order valence-electron chi connectivity index (χ4n) is 3.24. The third kappa shape index (κ3) is 3.95. The first kappa shape index (κ1) is 20.8. The second-order valence-corrected chi connectivity index (χ2v) is 14.0. The fourth-order valence-corrected chi connectivity index (χ4v) is 4.27. The molecular weight excluding hydrogens is 340 g/mol. The maximum atomic E-state index is 12.0. The van der Waals surface area contributed by atoms with E-state index in [0.717, 1.165) is 0 Å². The summed E-state index contributed by atoms with van der Waals surface area (Å²) in [6.07, 6.45) is -0.689. The first-order valence-corrected chi connectivity index (χ1v) is 12.0. The number of ether oxygens (including phenoxy) is 3. The van der Waals surface area contributed by atoms with E-state index in [1.165, 1.54) is 0 Å². The lowest BCUT2D eigenvalue weighted by Gasteiger charge is -2.53. The van der Waals surface area contributed by atoms with E-state index in [9.17, 15) is 9.90 Å². The van der Waals surface area contributed by atoms with Crippen LogP contribution in [0.25, 0.3) is 0 Å². The minimum Gasteiger partial charge on any atom is -0.466 e.